The molecule has 2 heterocycles. The number of aromatic nitrogens is 1. The van der Waals surface area contributed by atoms with E-state index in [-0.39, 0.29) is 6.10 Å². The van der Waals surface area contributed by atoms with Crippen molar-refractivity contribution in [3.8, 4) is 5.88 Å². The lowest BCUT2D eigenvalue weighted by Crippen LogP contribution is -2.34. The maximum atomic E-state index is 6.18. The van der Waals surface area contributed by atoms with Gasteiger partial charge in [0.2, 0.25) is 5.88 Å². The molecule has 94 valence electrons. The van der Waals surface area contributed by atoms with E-state index in [1.807, 2.05) is 24.3 Å². The summed E-state index contributed by atoms with van der Waals surface area (Å²) < 4.78 is 6.01. The third-order valence-corrected chi connectivity index (χ3v) is 3.61. The van der Waals surface area contributed by atoms with Crippen LogP contribution in [0.2, 0.25) is 5.02 Å². The number of piperidine rings is 1. The van der Waals surface area contributed by atoms with E-state index in [2.05, 4.69) is 10.3 Å². The smallest absolute Gasteiger partial charge is 0.221 e. The van der Waals surface area contributed by atoms with Gasteiger partial charge >= 0.3 is 0 Å². The molecule has 0 amide bonds. The van der Waals surface area contributed by atoms with Gasteiger partial charge in [-0.1, -0.05) is 17.7 Å². The van der Waals surface area contributed by atoms with Crippen LogP contribution in [0.15, 0.2) is 30.5 Å². The normalized spacial score (nSPS) is 16.9. The van der Waals surface area contributed by atoms with Gasteiger partial charge in [0.15, 0.2) is 0 Å². The van der Waals surface area contributed by atoms with Gasteiger partial charge in [-0.25, -0.2) is 4.98 Å². The van der Waals surface area contributed by atoms with Crippen LogP contribution in [-0.2, 0) is 0 Å². The highest BCUT2D eigenvalue weighted by atomic mass is 35.5. The second-order valence-electron chi connectivity index (χ2n) is 4.52. The van der Waals surface area contributed by atoms with Crippen molar-refractivity contribution < 1.29 is 4.74 Å². The van der Waals surface area contributed by atoms with E-state index < -0.39 is 0 Å². The van der Waals surface area contributed by atoms with Crippen molar-refractivity contribution >= 4 is 22.4 Å². The highest BCUT2D eigenvalue weighted by molar-refractivity contribution is 6.35. The Morgan fingerprint density at radius 1 is 1.17 bits per heavy atom. The minimum atomic E-state index is 0.253. The van der Waals surface area contributed by atoms with E-state index >= 15 is 0 Å². The molecule has 1 N–H and O–H groups in total. The van der Waals surface area contributed by atoms with Gasteiger partial charge in [-0.2, -0.15) is 0 Å². The van der Waals surface area contributed by atoms with Gasteiger partial charge in [0.25, 0.3) is 0 Å². The summed E-state index contributed by atoms with van der Waals surface area (Å²) in [6.07, 6.45) is 4.06. The summed E-state index contributed by atoms with van der Waals surface area (Å²) >= 11 is 6.18. The number of pyridine rings is 1. The predicted molar refractivity (Wildman–Crippen MR) is 73.3 cm³/mol. The van der Waals surface area contributed by atoms with Crippen LogP contribution in [0.1, 0.15) is 12.8 Å². The lowest BCUT2D eigenvalue weighted by atomic mass is 10.1. The maximum Gasteiger partial charge on any atom is 0.221 e. The number of nitrogens with one attached hydrogen (secondary N) is 1. The van der Waals surface area contributed by atoms with E-state index in [0.29, 0.717) is 5.88 Å². The SMILES string of the molecule is Clc1cccc2c(OC3CCNCC3)nccc12. The average Bonchev–Trinajstić information content (AvgIpc) is 2.41. The number of hydrogen-bond donors (Lipinski definition) is 1. The van der Waals surface area contributed by atoms with Crippen molar-refractivity contribution in [3.05, 3.63) is 35.5 Å². The first-order chi connectivity index (χ1) is 8.84. The molecule has 0 atom stereocenters. The Morgan fingerprint density at radius 2 is 2.00 bits per heavy atom. The molecule has 3 rings (SSSR count). The second kappa shape index (κ2) is 5.12. The fourth-order valence-electron chi connectivity index (χ4n) is 2.31. The lowest BCUT2D eigenvalue weighted by Gasteiger charge is -2.23. The van der Waals surface area contributed by atoms with Crippen LogP contribution in [0.3, 0.4) is 0 Å². The summed E-state index contributed by atoms with van der Waals surface area (Å²) in [5.41, 5.74) is 0. The molecule has 3 nitrogen and oxygen atoms in total. The molecule has 0 saturated carbocycles. The number of hydrogen-bond acceptors (Lipinski definition) is 3. The lowest BCUT2D eigenvalue weighted by molar-refractivity contribution is 0.158. The molecule has 1 saturated heterocycles. The van der Waals surface area contributed by atoms with Gasteiger partial charge in [0.05, 0.1) is 0 Å². The van der Waals surface area contributed by atoms with E-state index in [0.717, 1.165) is 41.7 Å². The number of halogens is 1. The molecule has 1 fully saturated rings. The first-order valence-electron chi connectivity index (χ1n) is 6.25. The van der Waals surface area contributed by atoms with Crippen LogP contribution in [0.4, 0.5) is 0 Å². The van der Waals surface area contributed by atoms with Crippen LogP contribution >= 0.6 is 11.6 Å². The van der Waals surface area contributed by atoms with Crippen molar-refractivity contribution in [2.75, 3.05) is 13.1 Å². The van der Waals surface area contributed by atoms with Gasteiger partial charge in [-0.05, 0) is 44.1 Å². The summed E-state index contributed by atoms with van der Waals surface area (Å²) in [6, 6.07) is 7.75. The number of nitrogens with zero attached hydrogens (tertiary/aromatic N) is 1. The van der Waals surface area contributed by atoms with E-state index in [1.165, 1.54) is 0 Å². The molecular formula is C14H15ClN2O. The quantitative estimate of drug-likeness (QED) is 0.903. The molecule has 4 heteroatoms. The molecule has 0 radical (unpaired) electrons. The van der Waals surface area contributed by atoms with Gasteiger partial charge in [0.1, 0.15) is 6.10 Å². The van der Waals surface area contributed by atoms with Gasteiger partial charge in [-0.3, -0.25) is 0 Å². The van der Waals surface area contributed by atoms with Crippen LogP contribution in [0.25, 0.3) is 10.8 Å². The summed E-state index contributed by atoms with van der Waals surface area (Å²) in [4.78, 5) is 4.34. The molecule has 0 aliphatic carbocycles. The van der Waals surface area contributed by atoms with Crippen molar-refractivity contribution in [2.24, 2.45) is 0 Å². The molecule has 0 spiro atoms. The topological polar surface area (TPSA) is 34.1 Å². The monoisotopic (exact) mass is 262 g/mol. The average molecular weight is 263 g/mol. The summed E-state index contributed by atoms with van der Waals surface area (Å²) in [7, 11) is 0. The van der Waals surface area contributed by atoms with E-state index in [4.69, 9.17) is 16.3 Å². The first-order valence-corrected chi connectivity index (χ1v) is 6.63. The zero-order chi connectivity index (χ0) is 12.4. The fourth-order valence-corrected chi connectivity index (χ4v) is 2.54. The minimum Gasteiger partial charge on any atom is -0.474 e. The molecule has 1 aromatic heterocycles. The predicted octanol–water partition coefficient (Wildman–Crippen LogP) is 3.02. The van der Waals surface area contributed by atoms with Crippen LogP contribution in [-0.4, -0.2) is 24.2 Å². The Morgan fingerprint density at radius 3 is 2.83 bits per heavy atom. The Hall–Kier alpha value is -1.32. The molecule has 18 heavy (non-hydrogen) atoms. The third kappa shape index (κ3) is 2.28. The van der Waals surface area contributed by atoms with Crippen LogP contribution in [0.5, 0.6) is 5.88 Å². The number of benzene rings is 1. The summed E-state index contributed by atoms with van der Waals surface area (Å²) in [5.74, 6) is 0.696. The Balaban J connectivity index is 1.93. The molecule has 1 aliphatic rings. The minimum absolute atomic E-state index is 0.253. The Labute approximate surface area is 111 Å². The van der Waals surface area contributed by atoms with Crippen LogP contribution < -0.4 is 10.1 Å². The van der Waals surface area contributed by atoms with Gasteiger partial charge in [0, 0.05) is 22.0 Å². The highest BCUT2D eigenvalue weighted by Crippen LogP contribution is 2.29. The second-order valence-corrected chi connectivity index (χ2v) is 4.93. The largest absolute Gasteiger partial charge is 0.474 e. The van der Waals surface area contributed by atoms with E-state index in [9.17, 15) is 0 Å². The third-order valence-electron chi connectivity index (χ3n) is 3.28. The highest BCUT2D eigenvalue weighted by Gasteiger charge is 2.16. The van der Waals surface area contributed by atoms with Crippen molar-refractivity contribution in [1.29, 1.82) is 0 Å². The Bertz CT molecular complexity index is 552. The maximum absolute atomic E-state index is 6.18. The summed E-state index contributed by atoms with van der Waals surface area (Å²) in [6.45, 7) is 2.02. The summed E-state index contributed by atoms with van der Waals surface area (Å²) in [5, 5.41) is 6.05. The zero-order valence-corrected chi connectivity index (χ0v) is 10.8. The van der Waals surface area contributed by atoms with Crippen molar-refractivity contribution in [3.63, 3.8) is 0 Å². The molecule has 1 aliphatic heterocycles. The molecule has 0 bridgehead atoms. The molecular weight excluding hydrogens is 248 g/mol. The Kier molecular flexibility index (Phi) is 3.35. The number of rotatable bonds is 2. The van der Waals surface area contributed by atoms with Gasteiger partial charge < -0.3 is 10.1 Å². The van der Waals surface area contributed by atoms with Crippen molar-refractivity contribution in [1.82, 2.24) is 10.3 Å². The number of ether oxygens (including phenoxy) is 1. The fraction of sp³-hybridized carbons (Fsp3) is 0.357. The first kappa shape index (κ1) is 11.8. The van der Waals surface area contributed by atoms with E-state index in [1.54, 1.807) is 6.20 Å². The van der Waals surface area contributed by atoms with Crippen LogP contribution in [0, 0.1) is 0 Å². The molecule has 2 aromatic rings. The standard InChI is InChI=1S/C14H15ClN2O/c15-13-3-1-2-12-11(13)6-9-17-14(12)18-10-4-7-16-8-5-10/h1-3,6,9-10,16H,4-5,7-8H2. The zero-order valence-electron chi connectivity index (χ0n) is 10.0. The van der Waals surface area contributed by atoms with Crippen molar-refractivity contribution in [2.45, 2.75) is 18.9 Å². The number of fused-ring (bicyclic) bond motifs is 1. The molecule has 1 aromatic carbocycles. The molecule has 0 unspecified atom stereocenters. The van der Waals surface area contributed by atoms with Gasteiger partial charge in [-0.15, -0.1) is 0 Å².